The molecule has 2 aromatic heterocycles. The summed E-state index contributed by atoms with van der Waals surface area (Å²) in [5.74, 6) is -0.792. The van der Waals surface area contributed by atoms with E-state index in [0.29, 0.717) is 21.8 Å². The van der Waals surface area contributed by atoms with Crippen molar-refractivity contribution in [2.75, 3.05) is 0 Å². The zero-order valence-corrected chi connectivity index (χ0v) is 20.7. The monoisotopic (exact) mass is 495 g/mol. The summed E-state index contributed by atoms with van der Waals surface area (Å²) in [5.41, 5.74) is 4.30. The van der Waals surface area contributed by atoms with Crippen molar-refractivity contribution in [1.82, 2.24) is 5.32 Å². The molecule has 0 bridgehead atoms. The van der Waals surface area contributed by atoms with Gasteiger partial charge in [-0.1, -0.05) is 23.7 Å². The number of carbonyl (C=O) groups is 2. The normalized spacial score (nSPS) is 12.3. The number of rotatable bonds is 7. The first-order valence-corrected chi connectivity index (χ1v) is 11.7. The third-order valence-corrected chi connectivity index (χ3v) is 6.78. The smallest absolute Gasteiger partial charge is 0.339 e. The van der Waals surface area contributed by atoms with Gasteiger partial charge in [0.15, 0.2) is 0 Å². The van der Waals surface area contributed by atoms with Crippen LogP contribution in [0.2, 0.25) is 5.02 Å². The highest BCUT2D eigenvalue weighted by atomic mass is 35.5. The Morgan fingerprint density at radius 2 is 1.60 bits per heavy atom. The van der Waals surface area contributed by atoms with Gasteiger partial charge in [0, 0.05) is 39.8 Å². The van der Waals surface area contributed by atoms with E-state index in [0.717, 1.165) is 38.8 Å². The summed E-state index contributed by atoms with van der Waals surface area (Å²) in [6, 6.07) is 7.63. The minimum atomic E-state index is -1.14. The van der Waals surface area contributed by atoms with Crippen molar-refractivity contribution in [3.8, 4) is 0 Å². The van der Waals surface area contributed by atoms with Crippen molar-refractivity contribution >= 4 is 45.4 Å². The number of furan rings is 1. The van der Waals surface area contributed by atoms with E-state index in [-0.39, 0.29) is 19.3 Å². The fourth-order valence-electron chi connectivity index (χ4n) is 4.34. The van der Waals surface area contributed by atoms with Gasteiger partial charge >= 0.3 is 11.6 Å². The van der Waals surface area contributed by atoms with Gasteiger partial charge in [0.1, 0.15) is 23.0 Å². The summed E-state index contributed by atoms with van der Waals surface area (Å²) >= 11 is 5.88. The molecule has 2 heterocycles. The maximum Gasteiger partial charge on any atom is 0.339 e. The van der Waals surface area contributed by atoms with Gasteiger partial charge in [-0.2, -0.15) is 0 Å². The second-order valence-electron chi connectivity index (χ2n) is 8.82. The highest BCUT2D eigenvalue weighted by Gasteiger charge is 2.22. The van der Waals surface area contributed by atoms with Crippen LogP contribution in [-0.4, -0.2) is 23.0 Å². The van der Waals surface area contributed by atoms with Gasteiger partial charge in [0.25, 0.3) is 0 Å². The minimum Gasteiger partial charge on any atom is -0.480 e. The number of aryl methyl sites for hydroxylation is 4. The van der Waals surface area contributed by atoms with Crippen LogP contribution in [-0.2, 0) is 22.4 Å². The van der Waals surface area contributed by atoms with Crippen LogP contribution in [0.3, 0.4) is 0 Å². The second-order valence-corrected chi connectivity index (χ2v) is 9.26. The number of fused-ring (bicyclic) bond motifs is 2. The van der Waals surface area contributed by atoms with Crippen LogP contribution in [0, 0.1) is 27.7 Å². The lowest BCUT2D eigenvalue weighted by atomic mass is 9.98. The van der Waals surface area contributed by atoms with Crippen LogP contribution < -0.4 is 10.9 Å². The van der Waals surface area contributed by atoms with Gasteiger partial charge in [-0.3, -0.25) is 4.79 Å². The predicted molar refractivity (Wildman–Crippen MR) is 134 cm³/mol. The molecule has 0 aliphatic carbocycles. The lowest BCUT2D eigenvalue weighted by Gasteiger charge is -2.15. The van der Waals surface area contributed by atoms with E-state index >= 15 is 0 Å². The Balaban J connectivity index is 1.56. The van der Waals surface area contributed by atoms with Crippen molar-refractivity contribution in [3.63, 3.8) is 0 Å². The number of carboxylic acids is 1. The molecule has 2 aromatic carbocycles. The summed E-state index contributed by atoms with van der Waals surface area (Å²) in [6.07, 6.45) is 0.199. The van der Waals surface area contributed by atoms with Crippen LogP contribution >= 0.6 is 11.6 Å². The van der Waals surface area contributed by atoms with E-state index < -0.39 is 23.5 Å². The quantitative estimate of drug-likeness (QED) is 0.342. The van der Waals surface area contributed by atoms with Crippen LogP contribution in [0.25, 0.3) is 21.9 Å². The van der Waals surface area contributed by atoms with E-state index in [2.05, 4.69) is 5.32 Å². The molecule has 4 rings (SSSR count). The molecule has 0 saturated carbocycles. The molecular weight excluding hydrogens is 470 g/mol. The molecule has 8 heteroatoms. The lowest BCUT2D eigenvalue weighted by Crippen LogP contribution is -2.42. The maximum absolute atomic E-state index is 12.8. The summed E-state index contributed by atoms with van der Waals surface area (Å²) in [6.45, 7) is 7.56. The largest absolute Gasteiger partial charge is 0.480 e. The fraction of sp³-hybridized carbons (Fsp3) is 0.296. The van der Waals surface area contributed by atoms with Gasteiger partial charge in [-0.05, 0) is 69.0 Å². The number of hydrogen-bond donors (Lipinski definition) is 2. The molecule has 0 saturated heterocycles. The standard InChI is InChI=1S/C27H26ClNO6/c1-13-16(4)34-24-15(3)25-21(12-20(13)24)14(2)19(27(33)35-25)9-10-23(30)29-22(26(31)32)11-17-5-7-18(28)8-6-17/h5-8,12,22H,9-11H2,1-4H3,(H,29,30)(H,31,32). The van der Waals surface area contributed by atoms with E-state index in [4.69, 9.17) is 20.4 Å². The Bertz CT molecular complexity index is 1510. The average Bonchev–Trinajstić information content (AvgIpc) is 3.09. The summed E-state index contributed by atoms with van der Waals surface area (Å²) in [5, 5.41) is 14.4. The molecule has 0 aliphatic heterocycles. The zero-order valence-electron chi connectivity index (χ0n) is 20.0. The van der Waals surface area contributed by atoms with Gasteiger partial charge in [-0.15, -0.1) is 0 Å². The Morgan fingerprint density at radius 3 is 2.26 bits per heavy atom. The number of aliphatic carboxylic acids is 1. The van der Waals surface area contributed by atoms with Crippen LogP contribution in [0.5, 0.6) is 0 Å². The summed E-state index contributed by atoms with van der Waals surface area (Å²) in [7, 11) is 0. The number of amides is 1. The summed E-state index contributed by atoms with van der Waals surface area (Å²) in [4.78, 5) is 37.1. The third kappa shape index (κ3) is 4.82. The highest BCUT2D eigenvalue weighted by Crippen LogP contribution is 2.34. The molecule has 35 heavy (non-hydrogen) atoms. The van der Waals surface area contributed by atoms with E-state index in [9.17, 15) is 19.5 Å². The topological polar surface area (TPSA) is 110 Å². The van der Waals surface area contributed by atoms with Gasteiger partial charge in [0.05, 0.1) is 0 Å². The van der Waals surface area contributed by atoms with Gasteiger partial charge < -0.3 is 19.3 Å². The first kappa shape index (κ1) is 24.5. The minimum absolute atomic E-state index is 0.0490. The molecule has 182 valence electrons. The van der Waals surface area contributed by atoms with E-state index in [1.807, 2.05) is 33.8 Å². The summed E-state index contributed by atoms with van der Waals surface area (Å²) < 4.78 is 11.5. The zero-order chi connectivity index (χ0) is 25.4. The average molecular weight is 496 g/mol. The fourth-order valence-corrected chi connectivity index (χ4v) is 4.47. The van der Waals surface area contributed by atoms with Crippen molar-refractivity contribution in [2.24, 2.45) is 0 Å². The number of nitrogens with one attached hydrogen (secondary N) is 1. The maximum atomic E-state index is 12.8. The van der Waals surface area contributed by atoms with Crippen molar-refractivity contribution in [1.29, 1.82) is 0 Å². The Kier molecular flexibility index (Phi) is 6.72. The molecule has 1 unspecified atom stereocenters. The van der Waals surface area contributed by atoms with Crippen LogP contribution in [0.15, 0.2) is 44.0 Å². The second kappa shape index (κ2) is 9.58. The molecule has 7 nitrogen and oxygen atoms in total. The van der Waals surface area contributed by atoms with Crippen molar-refractivity contribution in [2.45, 2.75) is 53.0 Å². The number of carbonyl (C=O) groups excluding carboxylic acids is 1. The van der Waals surface area contributed by atoms with Gasteiger partial charge in [0.2, 0.25) is 5.91 Å². The molecule has 0 radical (unpaired) electrons. The molecule has 4 aromatic rings. The molecular formula is C27H26ClNO6. The van der Waals surface area contributed by atoms with Gasteiger partial charge in [-0.25, -0.2) is 9.59 Å². The first-order valence-electron chi connectivity index (χ1n) is 11.3. The van der Waals surface area contributed by atoms with E-state index in [1.165, 1.54) is 0 Å². The molecule has 1 atom stereocenters. The highest BCUT2D eigenvalue weighted by molar-refractivity contribution is 6.30. The lowest BCUT2D eigenvalue weighted by molar-refractivity contribution is -0.141. The van der Waals surface area contributed by atoms with Crippen molar-refractivity contribution in [3.05, 3.63) is 79.4 Å². The van der Waals surface area contributed by atoms with E-state index in [1.54, 1.807) is 24.3 Å². The van der Waals surface area contributed by atoms with Crippen molar-refractivity contribution < 1.29 is 23.5 Å². The molecule has 0 spiro atoms. The first-order chi connectivity index (χ1) is 16.6. The molecule has 0 aliphatic rings. The molecule has 1 amide bonds. The third-order valence-electron chi connectivity index (χ3n) is 6.53. The Labute approximate surface area is 206 Å². The number of carboxylic acid groups (broad SMARTS) is 1. The number of halogens is 1. The number of benzene rings is 2. The Hall–Kier alpha value is -3.58. The van der Waals surface area contributed by atoms with Crippen LogP contribution in [0.1, 0.15) is 40.0 Å². The predicted octanol–water partition coefficient (Wildman–Crippen LogP) is 5.17. The SMILES string of the molecule is Cc1oc2c(C)c3oc(=O)c(CCC(=O)NC(Cc4ccc(Cl)cc4)C(=O)O)c(C)c3cc2c1C. The van der Waals surface area contributed by atoms with Crippen LogP contribution in [0.4, 0.5) is 0 Å². The Morgan fingerprint density at radius 1 is 0.971 bits per heavy atom. The molecule has 2 N–H and O–H groups in total. The number of hydrogen-bond acceptors (Lipinski definition) is 5. The molecule has 0 fully saturated rings.